The van der Waals surface area contributed by atoms with E-state index in [0.29, 0.717) is 0 Å². The van der Waals surface area contributed by atoms with Gasteiger partial charge in [0.15, 0.2) is 0 Å². The minimum atomic E-state index is -0.241. The Bertz CT molecular complexity index is 582. The standard InChI is InChI=1S/C16H22FN3/c1-5-15-12(10-18-16(2,3)4)11-19-20(15)14-8-6-7-13(17)9-14/h6-9,11,18H,5,10H2,1-4H3. The topological polar surface area (TPSA) is 29.9 Å². The van der Waals surface area contributed by atoms with Crippen LogP contribution in [0.4, 0.5) is 4.39 Å². The van der Waals surface area contributed by atoms with Crippen LogP contribution in [0.15, 0.2) is 30.5 Å². The van der Waals surface area contributed by atoms with Crippen LogP contribution in [-0.2, 0) is 13.0 Å². The quantitative estimate of drug-likeness (QED) is 0.926. The SMILES string of the molecule is CCc1c(CNC(C)(C)C)cnn1-c1cccc(F)c1. The molecule has 1 N–H and O–H groups in total. The maximum atomic E-state index is 13.3. The third-order valence-corrected chi connectivity index (χ3v) is 3.15. The first-order valence-electron chi connectivity index (χ1n) is 6.97. The first-order chi connectivity index (χ1) is 9.40. The first-order valence-corrected chi connectivity index (χ1v) is 6.97. The van der Waals surface area contributed by atoms with Crippen LogP contribution in [0.1, 0.15) is 39.0 Å². The van der Waals surface area contributed by atoms with Gasteiger partial charge < -0.3 is 5.32 Å². The summed E-state index contributed by atoms with van der Waals surface area (Å²) < 4.78 is 15.2. The normalized spacial score (nSPS) is 11.8. The molecule has 0 atom stereocenters. The number of benzene rings is 1. The van der Waals surface area contributed by atoms with Gasteiger partial charge in [-0.1, -0.05) is 13.0 Å². The molecule has 0 aliphatic rings. The molecule has 3 nitrogen and oxygen atoms in total. The molecule has 1 aromatic carbocycles. The lowest BCUT2D eigenvalue weighted by Gasteiger charge is -2.20. The van der Waals surface area contributed by atoms with E-state index >= 15 is 0 Å². The first kappa shape index (κ1) is 14.7. The molecule has 0 spiro atoms. The van der Waals surface area contributed by atoms with Crippen molar-refractivity contribution >= 4 is 0 Å². The summed E-state index contributed by atoms with van der Waals surface area (Å²) in [5.41, 5.74) is 3.11. The summed E-state index contributed by atoms with van der Waals surface area (Å²) in [6.07, 6.45) is 2.72. The molecule has 0 saturated carbocycles. The average molecular weight is 275 g/mol. The lowest BCUT2D eigenvalue weighted by molar-refractivity contribution is 0.423. The Morgan fingerprint density at radius 2 is 2.05 bits per heavy atom. The molecule has 0 fully saturated rings. The van der Waals surface area contributed by atoms with Gasteiger partial charge in [-0.15, -0.1) is 0 Å². The lowest BCUT2D eigenvalue weighted by atomic mass is 10.1. The van der Waals surface area contributed by atoms with E-state index < -0.39 is 0 Å². The Kier molecular flexibility index (Phi) is 4.23. The van der Waals surface area contributed by atoms with Crippen LogP contribution in [0.5, 0.6) is 0 Å². The number of hydrogen-bond acceptors (Lipinski definition) is 2. The molecular weight excluding hydrogens is 253 g/mol. The second-order valence-corrected chi connectivity index (χ2v) is 5.97. The summed E-state index contributed by atoms with van der Waals surface area (Å²) in [6, 6.07) is 6.53. The summed E-state index contributed by atoms with van der Waals surface area (Å²) in [5.74, 6) is -0.241. The zero-order valence-corrected chi connectivity index (χ0v) is 12.6. The molecule has 2 rings (SSSR count). The van der Waals surface area contributed by atoms with Crippen molar-refractivity contribution in [2.45, 2.75) is 46.2 Å². The van der Waals surface area contributed by atoms with E-state index in [-0.39, 0.29) is 11.4 Å². The van der Waals surface area contributed by atoms with Crippen molar-refractivity contribution in [1.82, 2.24) is 15.1 Å². The second-order valence-electron chi connectivity index (χ2n) is 5.97. The van der Waals surface area contributed by atoms with Crippen LogP contribution in [0.25, 0.3) is 5.69 Å². The van der Waals surface area contributed by atoms with Crippen molar-refractivity contribution < 1.29 is 4.39 Å². The van der Waals surface area contributed by atoms with E-state index in [1.807, 2.05) is 16.9 Å². The largest absolute Gasteiger partial charge is 0.308 e. The second kappa shape index (κ2) is 5.75. The average Bonchev–Trinajstić information content (AvgIpc) is 2.78. The van der Waals surface area contributed by atoms with E-state index in [0.717, 1.165) is 29.9 Å². The third-order valence-electron chi connectivity index (χ3n) is 3.15. The Labute approximate surface area is 119 Å². The summed E-state index contributed by atoms with van der Waals surface area (Å²) in [6.45, 7) is 9.26. The minimum absolute atomic E-state index is 0.0615. The predicted octanol–water partition coefficient (Wildman–Crippen LogP) is 3.46. The highest BCUT2D eigenvalue weighted by Gasteiger charge is 2.14. The van der Waals surface area contributed by atoms with Crippen LogP contribution in [0.2, 0.25) is 0 Å². The smallest absolute Gasteiger partial charge is 0.125 e. The highest BCUT2D eigenvalue weighted by molar-refractivity contribution is 5.35. The lowest BCUT2D eigenvalue weighted by Crippen LogP contribution is -2.35. The Balaban J connectivity index is 2.30. The molecule has 0 radical (unpaired) electrons. The highest BCUT2D eigenvalue weighted by Crippen LogP contribution is 2.17. The van der Waals surface area contributed by atoms with E-state index in [1.54, 1.807) is 6.07 Å². The number of hydrogen-bond donors (Lipinski definition) is 1. The van der Waals surface area contributed by atoms with Gasteiger partial charge in [0.05, 0.1) is 11.9 Å². The minimum Gasteiger partial charge on any atom is -0.308 e. The Morgan fingerprint density at radius 1 is 1.30 bits per heavy atom. The van der Waals surface area contributed by atoms with Crippen LogP contribution >= 0.6 is 0 Å². The van der Waals surface area contributed by atoms with Crippen molar-refractivity contribution in [2.24, 2.45) is 0 Å². The molecule has 0 aliphatic carbocycles. The van der Waals surface area contributed by atoms with Crippen molar-refractivity contribution in [2.75, 3.05) is 0 Å². The van der Waals surface area contributed by atoms with Crippen LogP contribution in [0.3, 0.4) is 0 Å². The van der Waals surface area contributed by atoms with Gasteiger partial charge in [-0.25, -0.2) is 9.07 Å². The van der Waals surface area contributed by atoms with Crippen molar-refractivity contribution in [3.63, 3.8) is 0 Å². The summed E-state index contributed by atoms with van der Waals surface area (Å²) in [5, 5.41) is 7.87. The molecule has 0 saturated heterocycles. The number of aromatic nitrogens is 2. The zero-order valence-electron chi connectivity index (χ0n) is 12.6. The fourth-order valence-electron chi connectivity index (χ4n) is 2.12. The molecule has 1 heterocycles. The molecule has 0 bridgehead atoms. The van der Waals surface area contributed by atoms with Gasteiger partial charge >= 0.3 is 0 Å². The van der Waals surface area contributed by atoms with Crippen molar-refractivity contribution in [3.8, 4) is 5.69 Å². The molecule has 20 heavy (non-hydrogen) atoms. The fourth-order valence-corrected chi connectivity index (χ4v) is 2.12. The molecule has 0 aliphatic heterocycles. The van der Waals surface area contributed by atoms with E-state index in [9.17, 15) is 4.39 Å². The molecular formula is C16H22FN3. The summed E-state index contributed by atoms with van der Waals surface area (Å²) in [7, 11) is 0. The van der Waals surface area contributed by atoms with Gasteiger partial charge in [0.2, 0.25) is 0 Å². The van der Waals surface area contributed by atoms with Crippen LogP contribution in [0, 0.1) is 5.82 Å². The van der Waals surface area contributed by atoms with E-state index in [1.165, 1.54) is 12.1 Å². The van der Waals surface area contributed by atoms with Gasteiger partial charge in [-0.2, -0.15) is 5.10 Å². The molecule has 0 unspecified atom stereocenters. The van der Waals surface area contributed by atoms with Gasteiger partial charge in [0.1, 0.15) is 5.82 Å². The van der Waals surface area contributed by atoms with Gasteiger partial charge in [0, 0.05) is 23.3 Å². The molecule has 108 valence electrons. The van der Waals surface area contributed by atoms with Crippen LogP contribution < -0.4 is 5.32 Å². The number of nitrogens with one attached hydrogen (secondary N) is 1. The van der Waals surface area contributed by atoms with Crippen molar-refractivity contribution in [3.05, 3.63) is 47.5 Å². The molecule has 1 aromatic heterocycles. The third kappa shape index (κ3) is 3.45. The summed E-state index contributed by atoms with van der Waals surface area (Å²) >= 11 is 0. The Morgan fingerprint density at radius 3 is 2.65 bits per heavy atom. The monoisotopic (exact) mass is 275 g/mol. The summed E-state index contributed by atoms with van der Waals surface area (Å²) in [4.78, 5) is 0. The number of nitrogens with zero attached hydrogens (tertiary/aromatic N) is 2. The maximum absolute atomic E-state index is 13.3. The zero-order chi connectivity index (χ0) is 14.8. The predicted molar refractivity (Wildman–Crippen MR) is 79.5 cm³/mol. The number of halogens is 1. The van der Waals surface area contributed by atoms with Crippen LogP contribution in [-0.4, -0.2) is 15.3 Å². The van der Waals surface area contributed by atoms with Crippen molar-refractivity contribution in [1.29, 1.82) is 0 Å². The van der Waals surface area contributed by atoms with Gasteiger partial charge in [-0.05, 0) is 45.4 Å². The highest BCUT2D eigenvalue weighted by atomic mass is 19.1. The molecule has 0 amide bonds. The number of rotatable bonds is 4. The van der Waals surface area contributed by atoms with Gasteiger partial charge in [0.25, 0.3) is 0 Å². The van der Waals surface area contributed by atoms with E-state index in [4.69, 9.17) is 0 Å². The molecule has 4 heteroatoms. The Hall–Kier alpha value is -1.68. The maximum Gasteiger partial charge on any atom is 0.125 e. The van der Waals surface area contributed by atoms with E-state index in [2.05, 4.69) is 38.1 Å². The van der Waals surface area contributed by atoms with Gasteiger partial charge in [-0.3, -0.25) is 0 Å². The molecule has 2 aromatic rings. The fraction of sp³-hybridized carbons (Fsp3) is 0.438.